The minimum absolute atomic E-state index is 0. The minimum Gasteiger partial charge on any atom is -0.370 e. The predicted molar refractivity (Wildman–Crippen MR) is 84.2 cm³/mol. The lowest BCUT2D eigenvalue weighted by atomic mass is 10.1. The van der Waals surface area contributed by atoms with Crippen LogP contribution in [0.1, 0.15) is 18.4 Å². The zero-order valence-corrected chi connectivity index (χ0v) is 12.8. The summed E-state index contributed by atoms with van der Waals surface area (Å²) in [7, 11) is 0. The molecule has 5 nitrogen and oxygen atoms in total. The Balaban J connectivity index is 0.00000220. The summed E-state index contributed by atoms with van der Waals surface area (Å²) >= 11 is 0. The van der Waals surface area contributed by atoms with Gasteiger partial charge in [-0.2, -0.15) is 0 Å². The van der Waals surface area contributed by atoms with E-state index in [-0.39, 0.29) is 24.7 Å². The van der Waals surface area contributed by atoms with E-state index in [1.165, 1.54) is 5.56 Å². The Bertz CT molecular complexity index is 467. The van der Waals surface area contributed by atoms with E-state index in [1.54, 1.807) is 0 Å². The number of piperazine rings is 1. The molecule has 116 valence electrons. The molecule has 1 aliphatic rings. The molecule has 0 radical (unpaired) electrons. The van der Waals surface area contributed by atoms with Crippen molar-refractivity contribution < 1.29 is 9.59 Å². The van der Waals surface area contributed by atoms with Crippen LogP contribution in [-0.4, -0.2) is 42.4 Å². The Hall–Kier alpha value is -1.59. The highest BCUT2D eigenvalue weighted by molar-refractivity contribution is 5.88. The number of benzene rings is 1. The van der Waals surface area contributed by atoms with Gasteiger partial charge in [0.25, 0.3) is 0 Å². The van der Waals surface area contributed by atoms with Crippen LogP contribution in [0.25, 0.3) is 0 Å². The maximum atomic E-state index is 12.2. The van der Waals surface area contributed by atoms with Crippen LogP contribution in [0, 0.1) is 0 Å². The van der Waals surface area contributed by atoms with Crippen LogP contribution in [0.2, 0.25) is 0 Å². The molecule has 1 saturated heterocycles. The number of carbonyl (C=O) groups excluding carboxylic acids is 2. The zero-order valence-electron chi connectivity index (χ0n) is 12.0. The van der Waals surface area contributed by atoms with Crippen LogP contribution in [0.5, 0.6) is 0 Å². The number of primary amides is 1. The van der Waals surface area contributed by atoms with Crippen molar-refractivity contribution in [3.63, 3.8) is 0 Å². The molecule has 2 rings (SSSR count). The molecule has 1 heterocycles. The molecule has 1 aromatic carbocycles. The first-order valence-corrected chi connectivity index (χ1v) is 7.01. The number of hydrogen-bond acceptors (Lipinski definition) is 3. The predicted octanol–water partition coefficient (Wildman–Crippen LogP) is 0.717. The Morgan fingerprint density at radius 2 is 2.05 bits per heavy atom. The van der Waals surface area contributed by atoms with Gasteiger partial charge in [-0.05, 0) is 18.4 Å². The van der Waals surface area contributed by atoms with Gasteiger partial charge in [-0.3, -0.25) is 9.59 Å². The van der Waals surface area contributed by atoms with E-state index >= 15 is 0 Å². The van der Waals surface area contributed by atoms with Crippen LogP contribution < -0.4 is 11.1 Å². The maximum absolute atomic E-state index is 12.2. The van der Waals surface area contributed by atoms with E-state index in [4.69, 9.17) is 5.73 Å². The summed E-state index contributed by atoms with van der Waals surface area (Å²) < 4.78 is 0. The number of aryl methyl sites for hydroxylation is 1. The second-order valence-corrected chi connectivity index (χ2v) is 5.09. The number of nitrogens with zero attached hydrogens (tertiary/aromatic N) is 1. The van der Waals surface area contributed by atoms with E-state index in [9.17, 15) is 9.59 Å². The number of nitrogens with two attached hydrogens (primary N) is 1. The Morgan fingerprint density at radius 3 is 2.71 bits per heavy atom. The average molecular weight is 312 g/mol. The van der Waals surface area contributed by atoms with Gasteiger partial charge < -0.3 is 16.0 Å². The van der Waals surface area contributed by atoms with Crippen LogP contribution in [-0.2, 0) is 16.0 Å². The molecule has 1 aliphatic heterocycles. The second-order valence-electron chi connectivity index (χ2n) is 5.09. The van der Waals surface area contributed by atoms with Crippen molar-refractivity contribution >= 4 is 24.2 Å². The zero-order chi connectivity index (χ0) is 14.4. The molecule has 21 heavy (non-hydrogen) atoms. The fraction of sp³-hybridized carbons (Fsp3) is 0.467. The monoisotopic (exact) mass is 311 g/mol. The largest absolute Gasteiger partial charge is 0.370 e. The second kappa shape index (κ2) is 8.64. The van der Waals surface area contributed by atoms with Crippen LogP contribution in [0.4, 0.5) is 0 Å². The number of halogens is 1. The highest BCUT2D eigenvalue weighted by Gasteiger charge is 2.28. The van der Waals surface area contributed by atoms with Crippen molar-refractivity contribution in [3.8, 4) is 0 Å². The molecule has 1 fully saturated rings. The summed E-state index contributed by atoms with van der Waals surface area (Å²) in [5, 5.41) is 3.05. The quantitative estimate of drug-likeness (QED) is 0.813. The summed E-state index contributed by atoms with van der Waals surface area (Å²) in [5.74, 6) is -0.454. The lowest BCUT2D eigenvalue weighted by Crippen LogP contribution is -2.56. The minimum atomic E-state index is -0.446. The molecule has 0 aromatic heterocycles. The Kier molecular flexibility index (Phi) is 7.19. The maximum Gasteiger partial charge on any atom is 0.240 e. The topological polar surface area (TPSA) is 75.4 Å². The molecule has 1 unspecified atom stereocenters. The molecular formula is C15H22ClN3O2. The first-order valence-electron chi connectivity index (χ1n) is 7.01. The number of nitrogens with one attached hydrogen (secondary N) is 1. The fourth-order valence-corrected chi connectivity index (χ4v) is 2.49. The molecule has 0 saturated carbocycles. The van der Waals surface area contributed by atoms with Crippen molar-refractivity contribution in [2.45, 2.75) is 25.3 Å². The van der Waals surface area contributed by atoms with Crippen molar-refractivity contribution in [1.82, 2.24) is 10.2 Å². The SMILES string of the molecule is Cl.NC(=O)CC1NCCN(CCCc2ccccc2)C1=O. The van der Waals surface area contributed by atoms with E-state index in [2.05, 4.69) is 17.4 Å². The van der Waals surface area contributed by atoms with Gasteiger partial charge in [-0.25, -0.2) is 0 Å². The fourth-order valence-electron chi connectivity index (χ4n) is 2.49. The van der Waals surface area contributed by atoms with Gasteiger partial charge in [0.05, 0.1) is 12.5 Å². The molecule has 0 bridgehead atoms. The molecule has 3 N–H and O–H groups in total. The normalized spacial score (nSPS) is 18.2. The molecule has 6 heteroatoms. The van der Waals surface area contributed by atoms with Crippen molar-refractivity contribution in [2.24, 2.45) is 5.73 Å². The number of carbonyl (C=O) groups is 2. The van der Waals surface area contributed by atoms with Gasteiger partial charge in [0.2, 0.25) is 11.8 Å². The van der Waals surface area contributed by atoms with E-state index in [0.717, 1.165) is 25.9 Å². The van der Waals surface area contributed by atoms with Gasteiger partial charge in [-0.1, -0.05) is 30.3 Å². The Morgan fingerprint density at radius 1 is 1.33 bits per heavy atom. The molecular weight excluding hydrogens is 290 g/mol. The van der Waals surface area contributed by atoms with Gasteiger partial charge in [0, 0.05) is 19.6 Å². The smallest absolute Gasteiger partial charge is 0.240 e. The molecule has 0 aliphatic carbocycles. The highest BCUT2D eigenvalue weighted by Crippen LogP contribution is 2.08. The highest BCUT2D eigenvalue weighted by atomic mass is 35.5. The molecule has 1 aromatic rings. The summed E-state index contributed by atoms with van der Waals surface area (Å²) in [6.45, 7) is 2.14. The lowest BCUT2D eigenvalue weighted by Gasteiger charge is -2.32. The van der Waals surface area contributed by atoms with Crippen LogP contribution in [0.3, 0.4) is 0 Å². The van der Waals surface area contributed by atoms with Crippen molar-refractivity contribution in [3.05, 3.63) is 35.9 Å². The van der Waals surface area contributed by atoms with E-state index in [0.29, 0.717) is 6.54 Å². The van der Waals surface area contributed by atoms with Gasteiger partial charge in [0.15, 0.2) is 0 Å². The number of amides is 2. The lowest BCUT2D eigenvalue weighted by molar-refractivity contribution is -0.137. The van der Waals surface area contributed by atoms with Gasteiger partial charge in [-0.15, -0.1) is 12.4 Å². The summed E-state index contributed by atoms with van der Waals surface area (Å²) in [6, 6.07) is 9.78. The molecule has 1 atom stereocenters. The third-order valence-corrected chi connectivity index (χ3v) is 3.52. The third-order valence-electron chi connectivity index (χ3n) is 3.52. The number of hydrogen-bond donors (Lipinski definition) is 2. The van der Waals surface area contributed by atoms with E-state index < -0.39 is 11.9 Å². The summed E-state index contributed by atoms with van der Waals surface area (Å²) in [5.41, 5.74) is 6.44. The first kappa shape index (κ1) is 17.5. The van der Waals surface area contributed by atoms with Gasteiger partial charge >= 0.3 is 0 Å². The van der Waals surface area contributed by atoms with Crippen LogP contribution >= 0.6 is 12.4 Å². The molecule has 0 spiro atoms. The first-order chi connectivity index (χ1) is 9.66. The van der Waals surface area contributed by atoms with Crippen molar-refractivity contribution in [1.29, 1.82) is 0 Å². The van der Waals surface area contributed by atoms with Crippen molar-refractivity contribution in [2.75, 3.05) is 19.6 Å². The summed E-state index contributed by atoms with van der Waals surface area (Å²) in [4.78, 5) is 24.9. The number of rotatable bonds is 6. The van der Waals surface area contributed by atoms with E-state index in [1.807, 2.05) is 23.1 Å². The average Bonchev–Trinajstić information content (AvgIpc) is 2.43. The van der Waals surface area contributed by atoms with Gasteiger partial charge in [0.1, 0.15) is 0 Å². The standard InChI is InChI=1S/C15H21N3O2.ClH/c16-14(19)11-13-15(20)18(10-8-17-13)9-4-7-12-5-2-1-3-6-12;/h1-3,5-6,13,17H,4,7-11H2,(H2,16,19);1H. The van der Waals surface area contributed by atoms with Crippen LogP contribution in [0.15, 0.2) is 30.3 Å². The summed E-state index contributed by atoms with van der Waals surface area (Å²) in [6.07, 6.45) is 1.96. The molecule has 2 amide bonds. The third kappa shape index (κ3) is 5.36. The Labute approximate surface area is 131 Å².